The van der Waals surface area contributed by atoms with Crippen LogP contribution in [0.15, 0.2) is 65.8 Å². The maximum Gasteiger partial charge on any atom is 0.161 e. The number of anilines is 1. The quantitative estimate of drug-likeness (QED) is 0.543. The molecule has 0 aliphatic rings. The summed E-state index contributed by atoms with van der Waals surface area (Å²) < 4.78 is 5.37. The van der Waals surface area contributed by atoms with Crippen LogP contribution in [-0.2, 0) is 0 Å². The zero-order chi connectivity index (χ0) is 16.1. The van der Waals surface area contributed by atoms with Gasteiger partial charge in [-0.25, -0.2) is 0 Å². The second kappa shape index (κ2) is 6.83. The number of hydrogen-bond acceptors (Lipinski definition) is 4. The van der Waals surface area contributed by atoms with Gasteiger partial charge in [0.05, 0.1) is 18.5 Å². The van der Waals surface area contributed by atoms with Gasteiger partial charge in [0.15, 0.2) is 11.5 Å². The summed E-state index contributed by atoms with van der Waals surface area (Å²) in [5.74, 6) is 0.590. The maximum atomic E-state index is 9.70. The molecule has 0 atom stereocenters. The molecule has 0 radical (unpaired) electrons. The number of ether oxygens (including phenoxy) is 1. The summed E-state index contributed by atoms with van der Waals surface area (Å²) in [6.45, 7) is 2.38. The van der Waals surface area contributed by atoms with Crippen LogP contribution < -0.4 is 10.2 Å². The van der Waals surface area contributed by atoms with Gasteiger partial charge in [-0.3, -0.25) is 5.43 Å². The van der Waals surface area contributed by atoms with Gasteiger partial charge in [0.25, 0.3) is 0 Å². The summed E-state index contributed by atoms with van der Waals surface area (Å²) in [6.07, 6.45) is 1.70. The molecule has 0 unspecified atom stereocenters. The highest BCUT2D eigenvalue weighted by molar-refractivity contribution is 5.94. The van der Waals surface area contributed by atoms with Gasteiger partial charge in [-0.15, -0.1) is 0 Å². The van der Waals surface area contributed by atoms with E-state index in [0.717, 1.165) is 22.0 Å². The Bertz CT molecular complexity index is 838. The molecule has 0 amide bonds. The highest BCUT2D eigenvalue weighted by Crippen LogP contribution is 2.26. The summed E-state index contributed by atoms with van der Waals surface area (Å²) in [5.41, 5.74) is 4.86. The van der Waals surface area contributed by atoms with Crippen molar-refractivity contribution in [2.45, 2.75) is 6.92 Å². The molecule has 4 heteroatoms. The van der Waals surface area contributed by atoms with Gasteiger partial charge in [-0.2, -0.15) is 5.10 Å². The Morgan fingerprint density at radius 2 is 1.91 bits per heavy atom. The summed E-state index contributed by atoms with van der Waals surface area (Å²) in [5, 5.41) is 16.3. The first-order chi connectivity index (χ1) is 11.3. The van der Waals surface area contributed by atoms with E-state index in [-0.39, 0.29) is 5.75 Å². The minimum absolute atomic E-state index is 0.131. The second-order valence-corrected chi connectivity index (χ2v) is 5.06. The molecule has 4 nitrogen and oxygen atoms in total. The van der Waals surface area contributed by atoms with E-state index >= 15 is 0 Å². The number of nitrogens with zero attached hydrogens (tertiary/aromatic N) is 1. The third-order valence-corrected chi connectivity index (χ3v) is 3.47. The van der Waals surface area contributed by atoms with Crippen molar-refractivity contribution in [1.29, 1.82) is 0 Å². The van der Waals surface area contributed by atoms with Crippen LogP contribution in [-0.4, -0.2) is 17.9 Å². The predicted molar refractivity (Wildman–Crippen MR) is 94.4 cm³/mol. The topological polar surface area (TPSA) is 53.8 Å². The van der Waals surface area contributed by atoms with Gasteiger partial charge in [0.2, 0.25) is 0 Å². The first-order valence-corrected chi connectivity index (χ1v) is 7.50. The van der Waals surface area contributed by atoms with Crippen LogP contribution in [0, 0.1) is 0 Å². The molecule has 0 spiro atoms. The van der Waals surface area contributed by atoms with Crippen molar-refractivity contribution in [3.05, 3.63) is 66.2 Å². The van der Waals surface area contributed by atoms with Gasteiger partial charge in [-0.05, 0) is 42.1 Å². The van der Waals surface area contributed by atoms with Crippen molar-refractivity contribution in [1.82, 2.24) is 0 Å². The molecule has 0 aromatic heterocycles. The van der Waals surface area contributed by atoms with E-state index < -0.39 is 0 Å². The fraction of sp³-hybridized carbons (Fsp3) is 0.105. The molecule has 0 heterocycles. The number of nitrogens with one attached hydrogen (secondary N) is 1. The number of hydrazone groups is 1. The molecule has 23 heavy (non-hydrogen) atoms. The molecular weight excluding hydrogens is 288 g/mol. The molecule has 0 bridgehead atoms. The predicted octanol–water partition coefficient (Wildman–Crippen LogP) is 4.39. The molecular formula is C19H18N2O2. The van der Waals surface area contributed by atoms with Crippen LogP contribution in [0.1, 0.15) is 12.5 Å². The van der Waals surface area contributed by atoms with Crippen molar-refractivity contribution < 1.29 is 9.84 Å². The van der Waals surface area contributed by atoms with Crippen molar-refractivity contribution in [2.24, 2.45) is 5.10 Å². The Kier molecular flexibility index (Phi) is 4.43. The van der Waals surface area contributed by atoms with Gasteiger partial charge >= 0.3 is 0 Å². The lowest BCUT2D eigenvalue weighted by atomic mass is 10.1. The Labute approximate surface area is 135 Å². The van der Waals surface area contributed by atoms with Crippen LogP contribution in [0.5, 0.6) is 11.5 Å². The first-order valence-electron chi connectivity index (χ1n) is 7.50. The zero-order valence-corrected chi connectivity index (χ0v) is 12.9. The van der Waals surface area contributed by atoms with Gasteiger partial charge in [0, 0.05) is 5.39 Å². The van der Waals surface area contributed by atoms with Crippen LogP contribution >= 0.6 is 0 Å². The van der Waals surface area contributed by atoms with Gasteiger partial charge in [0.1, 0.15) is 0 Å². The Balaban J connectivity index is 1.79. The summed E-state index contributed by atoms with van der Waals surface area (Å²) in [7, 11) is 0. The number of fused-ring (bicyclic) bond motifs is 1. The standard InChI is InChI=1S/C19H18N2O2/c1-2-23-19-12-14(10-11-18(19)22)13-20-21-17-9-5-7-15-6-3-4-8-16(15)17/h3-13,21-22H,2H2,1H3. The molecule has 0 fully saturated rings. The van der Waals surface area contributed by atoms with Crippen molar-refractivity contribution in [3.63, 3.8) is 0 Å². The number of rotatable bonds is 5. The summed E-state index contributed by atoms with van der Waals surface area (Å²) >= 11 is 0. The molecule has 3 aromatic rings. The fourth-order valence-corrected chi connectivity index (χ4v) is 2.38. The maximum absolute atomic E-state index is 9.70. The Hall–Kier alpha value is -3.01. The minimum Gasteiger partial charge on any atom is -0.504 e. The summed E-state index contributed by atoms with van der Waals surface area (Å²) in [4.78, 5) is 0. The van der Waals surface area contributed by atoms with Crippen molar-refractivity contribution >= 4 is 22.7 Å². The number of phenols is 1. The van der Waals surface area contributed by atoms with Gasteiger partial charge < -0.3 is 9.84 Å². The minimum atomic E-state index is 0.131. The molecule has 2 N–H and O–H groups in total. The van der Waals surface area contributed by atoms with E-state index in [2.05, 4.69) is 28.7 Å². The molecule has 0 saturated heterocycles. The van der Waals surface area contributed by atoms with Crippen LogP contribution in [0.3, 0.4) is 0 Å². The Morgan fingerprint density at radius 1 is 1.09 bits per heavy atom. The van der Waals surface area contributed by atoms with E-state index in [1.54, 1.807) is 24.4 Å². The largest absolute Gasteiger partial charge is 0.504 e. The highest BCUT2D eigenvalue weighted by atomic mass is 16.5. The van der Waals surface area contributed by atoms with Crippen molar-refractivity contribution in [3.8, 4) is 11.5 Å². The monoisotopic (exact) mass is 306 g/mol. The first kappa shape index (κ1) is 14.9. The zero-order valence-electron chi connectivity index (χ0n) is 12.9. The van der Waals surface area contributed by atoms with E-state index in [9.17, 15) is 5.11 Å². The molecule has 0 saturated carbocycles. The normalized spacial score (nSPS) is 11.0. The second-order valence-electron chi connectivity index (χ2n) is 5.06. The smallest absolute Gasteiger partial charge is 0.161 e. The van der Waals surface area contributed by atoms with Crippen LogP contribution in [0.2, 0.25) is 0 Å². The summed E-state index contributed by atoms with van der Waals surface area (Å²) in [6, 6.07) is 19.3. The lowest BCUT2D eigenvalue weighted by Gasteiger charge is -2.07. The van der Waals surface area contributed by atoms with E-state index in [1.165, 1.54) is 0 Å². The van der Waals surface area contributed by atoms with Gasteiger partial charge in [-0.1, -0.05) is 36.4 Å². The Morgan fingerprint density at radius 3 is 2.78 bits per heavy atom. The van der Waals surface area contributed by atoms with E-state index in [0.29, 0.717) is 12.4 Å². The number of phenolic OH excluding ortho intramolecular Hbond substituents is 1. The molecule has 3 rings (SSSR count). The average Bonchev–Trinajstić information content (AvgIpc) is 2.58. The molecule has 116 valence electrons. The fourth-order valence-electron chi connectivity index (χ4n) is 2.38. The lowest BCUT2D eigenvalue weighted by Crippen LogP contribution is -1.94. The van der Waals surface area contributed by atoms with Crippen LogP contribution in [0.4, 0.5) is 5.69 Å². The van der Waals surface area contributed by atoms with Crippen LogP contribution in [0.25, 0.3) is 10.8 Å². The lowest BCUT2D eigenvalue weighted by molar-refractivity contribution is 0.318. The molecule has 0 aliphatic carbocycles. The van der Waals surface area contributed by atoms with E-state index in [4.69, 9.17) is 4.74 Å². The third-order valence-electron chi connectivity index (χ3n) is 3.47. The third kappa shape index (κ3) is 3.43. The van der Waals surface area contributed by atoms with E-state index in [1.807, 2.05) is 31.2 Å². The SMILES string of the molecule is CCOc1cc(C=NNc2cccc3ccccc23)ccc1O. The highest BCUT2D eigenvalue weighted by Gasteiger charge is 2.02. The molecule has 3 aromatic carbocycles. The number of benzene rings is 3. The average molecular weight is 306 g/mol. The molecule has 0 aliphatic heterocycles. The number of aromatic hydroxyl groups is 1. The number of hydrogen-bond donors (Lipinski definition) is 2. The van der Waals surface area contributed by atoms with Crippen molar-refractivity contribution in [2.75, 3.05) is 12.0 Å².